The lowest BCUT2D eigenvalue weighted by molar-refractivity contribution is -0.126. The zero-order valence-electron chi connectivity index (χ0n) is 10.3. The maximum absolute atomic E-state index is 11.7. The first-order valence-corrected chi connectivity index (χ1v) is 5.68. The first-order chi connectivity index (χ1) is 7.04. The summed E-state index contributed by atoms with van der Waals surface area (Å²) in [6, 6.07) is 0.0863. The Hall–Kier alpha value is -0.610. The van der Waals surface area contributed by atoms with Gasteiger partial charge in [0, 0.05) is 19.1 Å². The number of nitrogens with one attached hydrogen (secondary N) is 1. The molecule has 15 heavy (non-hydrogen) atoms. The maximum atomic E-state index is 11.7. The van der Waals surface area contributed by atoms with Crippen molar-refractivity contribution in [2.45, 2.75) is 46.2 Å². The van der Waals surface area contributed by atoms with Gasteiger partial charge in [-0.15, -0.1) is 0 Å². The van der Waals surface area contributed by atoms with E-state index in [1.54, 1.807) is 0 Å². The maximum Gasteiger partial charge on any atom is 0.237 e. The van der Waals surface area contributed by atoms with Gasteiger partial charge in [0.2, 0.25) is 5.91 Å². The van der Waals surface area contributed by atoms with Crippen molar-refractivity contribution in [2.24, 2.45) is 0 Å². The van der Waals surface area contributed by atoms with Gasteiger partial charge in [0.1, 0.15) is 0 Å². The summed E-state index contributed by atoms with van der Waals surface area (Å²) in [6.45, 7) is 9.30. The zero-order valence-corrected chi connectivity index (χ0v) is 10.3. The average molecular weight is 216 g/mol. The van der Waals surface area contributed by atoms with Crippen molar-refractivity contribution in [3.8, 4) is 0 Å². The topological polar surface area (TPSA) is 52.6 Å². The van der Waals surface area contributed by atoms with E-state index in [9.17, 15) is 4.79 Å². The predicted octanol–water partition coefficient (Wildman–Crippen LogP) is 0.604. The fourth-order valence-electron chi connectivity index (χ4n) is 1.56. The Bertz CT molecular complexity index is 183. The van der Waals surface area contributed by atoms with Gasteiger partial charge in [0.15, 0.2) is 0 Å². The van der Waals surface area contributed by atoms with Gasteiger partial charge >= 0.3 is 0 Å². The second-order valence-electron chi connectivity index (χ2n) is 4.02. The van der Waals surface area contributed by atoms with Crippen molar-refractivity contribution in [1.29, 1.82) is 0 Å². The van der Waals surface area contributed by atoms with Gasteiger partial charge in [0.05, 0.1) is 12.6 Å². The number of aliphatic hydroxyl groups is 1. The molecular formula is C11H24N2O2. The number of carbonyl (C=O) groups excluding carboxylic acids is 1. The van der Waals surface area contributed by atoms with Crippen molar-refractivity contribution in [3.63, 3.8) is 0 Å². The number of aliphatic hydroxyl groups excluding tert-OH is 1. The van der Waals surface area contributed by atoms with E-state index >= 15 is 0 Å². The molecule has 0 aromatic carbocycles. The van der Waals surface area contributed by atoms with E-state index in [-0.39, 0.29) is 24.6 Å². The van der Waals surface area contributed by atoms with Gasteiger partial charge in [-0.05, 0) is 27.2 Å². The Morgan fingerprint density at radius 3 is 2.40 bits per heavy atom. The lowest BCUT2D eigenvalue weighted by Gasteiger charge is -2.31. The fraction of sp³-hybridized carbons (Fsp3) is 0.909. The SMILES string of the molecule is CCCNC(=O)C(C)N(CCO)C(C)C. The van der Waals surface area contributed by atoms with Crippen LogP contribution in [0.15, 0.2) is 0 Å². The summed E-state index contributed by atoms with van der Waals surface area (Å²) in [5.41, 5.74) is 0. The molecular weight excluding hydrogens is 192 g/mol. The highest BCUT2D eigenvalue weighted by atomic mass is 16.3. The summed E-state index contributed by atoms with van der Waals surface area (Å²) in [5, 5.41) is 11.8. The third kappa shape index (κ3) is 5.14. The van der Waals surface area contributed by atoms with E-state index in [1.165, 1.54) is 0 Å². The van der Waals surface area contributed by atoms with E-state index in [0.29, 0.717) is 13.1 Å². The minimum atomic E-state index is -0.177. The van der Waals surface area contributed by atoms with Crippen LogP contribution in [0.3, 0.4) is 0 Å². The quantitative estimate of drug-likeness (QED) is 0.655. The van der Waals surface area contributed by atoms with Crippen LogP contribution in [0.1, 0.15) is 34.1 Å². The second-order valence-corrected chi connectivity index (χ2v) is 4.02. The summed E-state index contributed by atoms with van der Waals surface area (Å²) < 4.78 is 0. The zero-order chi connectivity index (χ0) is 11.8. The van der Waals surface area contributed by atoms with Crippen LogP contribution in [0.25, 0.3) is 0 Å². The Balaban J connectivity index is 4.22. The first kappa shape index (κ1) is 14.4. The fourth-order valence-corrected chi connectivity index (χ4v) is 1.56. The molecule has 0 heterocycles. The number of carbonyl (C=O) groups is 1. The number of rotatable bonds is 7. The first-order valence-electron chi connectivity index (χ1n) is 5.68. The summed E-state index contributed by atoms with van der Waals surface area (Å²) in [5.74, 6) is 0.0407. The van der Waals surface area contributed by atoms with Crippen molar-refractivity contribution in [3.05, 3.63) is 0 Å². The standard InChI is InChI=1S/C11H24N2O2/c1-5-6-12-11(15)10(4)13(7-8-14)9(2)3/h9-10,14H,5-8H2,1-4H3,(H,12,15). The highest BCUT2D eigenvalue weighted by Crippen LogP contribution is 2.04. The third-order valence-electron chi connectivity index (χ3n) is 2.45. The van der Waals surface area contributed by atoms with E-state index in [0.717, 1.165) is 6.42 Å². The van der Waals surface area contributed by atoms with Crippen molar-refractivity contribution >= 4 is 5.91 Å². The van der Waals surface area contributed by atoms with Gasteiger partial charge in [-0.3, -0.25) is 9.69 Å². The lowest BCUT2D eigenvalue weighted by Crippen LogP contribution is -2.49. The van der Waals surface area contributed by atoms with E-state index in [4.69, 9.17) is 5.11 Å². The number of nitrogens with zero attached hydrogens (tertiary/aromatic N) is 1. The minimum Gasteiger partial charge on any atom is -0.395 e. The molecule has 4 nitrogen and oxygen atoms in total. The molecule has 1 unspecified atom stereocenters. The Morgan fingerprint density at radius 1 is 1.40 bits per heavy atom. The molecule has 0 aliphatic heterocycles. The summed E-state index contributed by atoms with van der Waals surface area (Å²) >= 11 is 0. The van der Waals surface area contributed by atoms with Gasteiger partial charge in [-0.2, -0.15) is 0 Å². The molecule has 0 saturated carbocycles. The van der Waals surface area contributed by atoms with Crippen LogP contribution in [0.4, 0.5) is 0 Å². The molecule has 2 N–H and O–H groups in total. The minimum absolute atomic E-state index is 0.0407. The van der Waals surface area contributed by atoms with E-state index in [1.807, 2.05) is 32.6 Å². The molecule has 0 aliphatic carbocycles. The van der Waals surface area contributed by atoms with Crippen molar-refractivity contribution in [2.75, 3.05) is 19.7 Å². The molecule has 0 spiro atoms. The van der Waals surface area contributed by atoms with Crippen molar-refractivity contribution < 1.29 is 9.90 Å². The summed E-state index contributed by atoms with van der Waals surface area (Å²) in [7, 11) is 0. The van der Waals surface area contributed by atoms with Gasteiger partial charge in [-0.25, -0.2) is 0 Å². The number of amides is 1. The molecule has 0 aromatic heterocycles. The molecule has 1 amide bonds. The van der Waals surface area contributed by atoms with Crippen LogP contribution < -0.4 is 5.32 Å². The van der Waals surface area contributed by atoms with Crippen LogP contribution in [-0.4, -0.2) is 47.7 Å². The third-order valence-corrected chi connectivity index (χ3v) is 2.45. The number of hydrogen-bond acceptors (Lipinski definition) is 3. The molecule has 0 aromatic rings. The Labute approximate surface area is 92.7 Å². The normalized spacial score (nSPS) is 13.3. The van der Waals surface area contributed by atoms with Crippen LogP contribution in [0, 0.1) is 0 Å². The molecule has 0 rings (SSSR count). The molecule has 4 heteroatoms. The predicted molar refractivity (Wildman–Crippen MR) is 61.7 cm³/mol. The largest absolute Gasteiger partial charge is 0.395 e. The highest BCUT2D eigenvalue weighted by molar-refractivity contribution is 5.81. The molecule has 0 bridgehead atoms. The highest BCUT2D eigenvalue weighted by Gasteiger charge is 2.22. The molecule has 1 atom stereocenters. The van der Waals surface area contributed by atoms with Gasteiger partial charge in [0.25, 0.3) is 0 Å². The second kappa shape index (κ2) is 7.65. The van der Waals surface area contributed by atoms with Gasteiger partial charge < -0.3 is 10.4 Å². The van der Waals surface area contributed by atoms with Crippen LogP contribution in [-0.2, 0) is 4.79 Å². The smallest absolute Gasteiger partial charge is 0.237 e. The molecule has 90 valence electrons. The Morgan fingerprint density at radius 2 is 2.00 bits per heavy atom. The molecule has 0 saturated heterocycles. The lowest BCUT2D eigenvalue weighted by atomic mass is 10.2. The summed E-state index contributed by atoms with van der Waals surface area (Å²) in [6.07, 6.45) is 0.945. The molecule has 0 fully saturated rings. The van der Waals surface area contributed by atoms with Crippen LogP contribution in [0.2, 0.25) is 0 Å². The van der Waals surface area contributed by atoms with Gasteiger partial charge in [-0.1, -0.05) is 6.92 Å². The molecule has 0 aliphatic rings. The number of hydrogen-bond donors (Lipinski definition) is 2. The van der Waals surface area contributed by atoms with Crippen LogP contribution >= 0.6 is 0 Å². The summed E-state index contributed by atoms with van der Waals surface area (Å²) in [4.78, 5) is 13.7. The van der Waals surface area contributed by atoms with E-state index < -0.39 is 0 Å². The van der Waals surface area contributed by atoms with Crippen LogP contribution in [0.5, 0.6) is 0 Å². The Kier molecular flexibility index (Phi) is 7.34. The monoisotopic (exact) mass is 216 g/mol. The van der Waals surface area contributed by atoms with Crippen molar-refractivity contribution in [1.82, 2.24) is 10.2 Å². The molecule has 0 radical (unpaired) electrons. The van der Waals surface area contributed by atoms with E-state index in [2.05, 4.69) is 5.32 Å². The average Bonchev–Trinajstić information content (AvgIpc) is 2.21.